The third kappa shape index (κ3) is 3.67. The summed E-state index contributed by atoms with van der Waals surface area (Å²) < 4.78 is 26.8. The van der Waals surface area contributed by atoms with Gasteiger partial charge in [-0.3, -0.25) is 10.1 Å². The second-order valence-corrected chi connectivity index (χ2v) is 6.01. The van der Waals surface area contributed by atoms with E-state index in [-0.39, 0.29) is 13.0 Å². The second-order valence-electron chi connectivity index (χ2n) is 6.01. The third-order valence-corrected chi connectivity index (χ3v) is 4.35. The molecule has 0 saturated carbocycles. The van der Waals surface area contributed by atoms with Crippen LogP contribution in [0.15, 0.2) is 42.6 Å². The molecule has 0 aliphatic carbocycles. The lowest BCUT2D eigenvalue weighted by molar-refractivity contribution is -0.139. The summed E-state index contributed by atoms with van der Waals surface area (Å²) in [5, 5.41) is 16.2. The van der Waals surface area contributed by atoms with Gasteiger partial charge in [0.2, 0.25) is 0 Å². The molecule has 0 fully saturated rings. The fourth-order valence-corrected chi connectivity index (χ4v) is 2.97. The first-order chi connectivity index (χ1) is 12.5. The Bertz CT molecular complexity index is 940. The molecule has 0 radical (unpaired) electrons. The summed E-state index contributed by atoms with van der Waals surface area (Å²) in [4.78, 5) is 14.8. The van der Waals surface area contributed by atoms with Crippen molar-refractivity contribution in [3.63, 3.8) is 0 Å². The predicted octanol–water partition coefficient (Wildman–Crippen LogP) is 3.27. The summed E-state index contributed by atoms with van der Waals surface area (Å²) in [6.45, 7) is 0.0900. The predicted molar refractivity (Wildman–Crippen MR) is 96.2 cm³/mol. The molecule has 136 valence electrons. The summed E-state index contributed by atoms with van der Waals surface area (Å²) >= 11 is 0. The highest BCUT2D eigenvalue weighted by Crippen LogP contribution is 2.21. The topological polar surface area (TPSA) is 77.1 Å². The molecule has 1 atom stereocenters. The first-order valence-corrected chi connectivity index (χ1v) is 8.16. The smallest absolute Gasteiger partial charge is 0.321 e. The van der Waals surface area contributed by atoms with Crippen LogP contribution in [0.2, 0.25) is 0 Å². The minimum Gasteiger partial charge on any atom is -0.480 e. The van der Waals surface area contributed by atoms with Crippen molar-refractivity contribution in [2.45, 2.75) is 19.0 Å². The van der Waals surface area contributed by atoms with Crippen LogP contribution >= 0.6 is 0 Å². The molecule has 2 aromatic carbocycles. The van der Waals surface area contributed by atoms with Crippen molar-refractivity contribution in [1.29, 1.82) is 0 Å². The van der Waals surface area contributed by atoms with E-state index < -0.39 is 23.6 Å². The molecule has 0 unspecified atom stereocenters. The van der Waals surface area contributed by atoms with Gasteiger partial charge in [0, 0.05) is 48.9 Å². The summed E-state index contributed by atoms with van der Waals surface area (Å²) in [5.41, 5.74) is 2.67. The molecule has 1 heterocycles. The largest absolute Gasteiger partial charge is 0.480 e. The van der Waals surface area contributed by atoms with Crippen molar-refractivity contribution in [3.05, 3.63) is 65.4 Å². The lowest BCUT2D eigenvalue weighted by atomic mass is 10.0. The number of hydrogen-bond donors (Lipinski definition) is 4. The van der Waals surface area contributed by atoms with E-state index in [1.807, 2.05) is 24.3 Å². The van der Waals surface area contributed by atoms with Crippen molar-refractivity contribution < 1.29 is 18.7 Å². The monoisotopic (exact) mass is 359 g/mol. The number of nitrogens with one attached hydrogen (secondary N) is 3. The van der Waals surface area contributed by atoms with Crippen LogP contribution < -0.4 is 10.6 Å². The molecule has 3 rings (SSSR count). The van der Waals surface area contributed by atoms with Gasteiger partial charge in [-0.15, -0.1) is 0 Å². The quantitative estimate of drug-likeness (QED) is 0.522. The maximum Gasteiger partial charge on any atom is 0.321 e. The van der Waals surface area contributed by atoms with Gasteiger partial charge in [-0.1, -0.05) is 18.2 Å². The Morgan fingerprint density at radius 2 is 1.92 bits per heavy atom. The number of aliphatic carboxylic acids is 1. The Labute approximate surface area is 149 Å². The van der Waals surface area contributed by atoms with Crippen molar-refractivity contribution in [3.8, 4) is 0 Å². The fourth-order valence-electron chi connectivity index (χ4n) is 2.97. The minimum atomic E-state index is -1.01. The van der Waals surface area contributed by atoms with E-state index in [9.17, 15) is 18.7 Å². The van der Waals surface area contributed by atoms with Gasteiger partial charge in [-0.25, -0.2) is 8.78 Å². The number of fused-ring (bicyclic) bond motifs is 1. The van der Waals surface area contributed by atoms with E-state index in [0.717, 1.165) is 28.6 Å². The molecule has 0 aliphatic rings. The molecule has 3 aromatic rings. The number of carboxylic acid groups (broad SMARTS) is 1. The maximum atomic E-state index is 13.5. The SMILES string of the molecule is CNc1cc(F)c(F)cc1CN[C@@H](Cc1c[nH]c2ccccc12)C(=O)O. The van der Waals surface area contributed by atoms with Gasteiger partial charge in [0.05, 0.1) is 0 Å². The Balaban J connectivity index is 1.78. The van der Waals surface area contributed by atoms with Gasteiger partial charge in [0.25, 0.3) is 0 Å². The average molecular weight is 359 g/mol. The van der Waals surface area contributed by atoms with Crippen LogP contribution in [0.1, 0.15) is 11.1 Å². The van der Waals surface area contributed by atoms with Crippen LogP contribution in [-0.4, -0.2) is 29.1 Å². The van der Waals surface area contributed by atoms with E-state index in [1.54, 1.807) is 13.2 Å². The zero-order valence-electron chi connectivity index (χ0n) is 14.1. The molecule has 26 heavy (non-hydrogen) atoms. The molecule has 1 aromatic heterocycles. The molecule has 5 nitrogen and oxygen atoms in total. The molecule has 4 N–H and O–H groups in total. The molecule has 0 spiro atoms. The first kappa shape index (κ1) is 17.9. The number of H-pyrrole nitrogens is 1. The molecule has 7 heteroatoms. The highest BCUT2D eigenvalue weighted by atomic mass is 19.2. The summed E-state index contributed by atoms with van der Waals surface area (Å²) in [6, 6.07) is 8.89. The Hall–Kier alpha value is -2.93. The number of carboxylic acids is 1. The molecule has 0 bridgehead atoms. The number of anilines is 1. The Morgan fingerprint density at radius 3 is 2.65 bits per heavy atom. The van der Waals surface area contributed by atoms with Crippen molar-refractivity contribution in [2.75, 3.05) is 12.4 Å². The Kier molecular flexibility index (Phi) is 5.18. The zero-order chi connectivity index (χ0) is 18.7. The van der Waals surface area contributed by atoms with Gasteiger partial charge in [0.15, 0.2) is 11.6 Å². The zero-order valence-corrected chi connectivity index (χ0v) is 14.1. The number of para-hydroxylation sites is 1. The van der Waals surface area contributed by atoms with Crippen LogP contribution in [0.3, 0.4) is 0 Å². The lowest BCUT2D eigenvalue weighted by Gasteiger charge is -2.16. The average Bonchev–Trinajstić information content (AvgIpc) is 3.03. The Morgan fingerprint density at radius 1 is 1.19 bits per heavy atom. The number of halogens is 2. The maximum absolute atomic E-state index is 13.5. The van der Waals surface area contributed by atoms with Crippen LogP contribution in [-0.2, 0) is 17.8 Å². The number of rotatable bonds is 7. The first-order valence-electron chi connectivity index (χ1n) is 8.16. The second kappa shape index (κ2) is 7.53. The normalized spacial score (nSPS) is 12.3. The van der Waals surface area contributed by atoms with Crippen LogP contribution in [0.4, 0.5) is 14.5 Å². The van der Waals surface area contributed by atoms with Crippen LogP contribution in [0.25, 0.3) is 10.9 Å². The van der Waals surface area contributed by atoms with Crippen LogP contribution in [0, 0.1) is 11.6 Å². The summed E-state index contributed by atoms with van der Waals surface area (Å²) in [7, 11) is 1.59. The van der Waals surface area contributed by atoms with E-state index in [0.29, 0.717) is 11.3 Å². The number of carbonyl (C=O) groups is 1. The van der Waals surface area contributed by atoms with E-state index in [2.05, 4.69) is 15.6 Å². The highest BCUT2D eigenvalue weighted by molar-refractivity contribution is 5.84. The number of aromatic amines is 1. The van der Waals surface area contributed by atoms with E-state index in [1.165, 1.54) is 0 Å². The standard InChI is InChI=1S/C19H19F2N3O2/c1-22-17-8-15(21)14(20)6-12(17)10-24-18(19(25)26)7-11-9-23-16-5-3-2-4-13(11)16/h2-6,8-9,18,22-24H,7,10H2,1H3,(H,25,26)/t18-/m0/s1. The number of benzene rings is 2. The molecule has 0 amide bonds. The number of aromatic nitrogens is 1. The van der Waals surface area contributed by atoms with Crippen molar-refractivity contribution in [1.82, 2.24) is 10.3 Å². The summed E-state index contributed by atoms with van der Waals surface area (Å²) in [5.74, 6) is -2.93. The molecule has 0 saturated heterocycles. The van der Waals surface area contributed by atoms with Gasteiger partial charge >= 0.3 is 5.97 Å². The van der Waals surface area contributed by atoms with Crippen molar-refractivity contribution >= 4 is 22.6 Å². The van der Waals surface area contributed by atoms with Gasteiger partial charge in [0.1, 0.15) is 6.04 Å². The van der Waals surface area contributed by atoms with E-state index in [4.69, 9.17) is 0 Å². The third-order valence-electron chi connectivity index (χ3n) is 4.35. The van der Waals surface area contributed by atoms with Gasteiger partial charge < -0.3 is 15.4 Å². The van der Waals surface area contributed by atoms with E-state index >= 15 is 0 Å². The summed E-state index contributed by atoms with van der Waals surface area (Å²) in [6.07, 6.45) is 2.05. The van der Waals surface area contributed by atoms with Gasteiger partial charge in [-0.2, -0.15) is 0 Å². The molecular weight excluding hydrogens is 340 g/mol. The lowest BCUT2D eigenvalue weighted by Crippen LogP contribution is -2.38. The van der Waals surface area contributed by atoms with Gasteiger partial charge in [-0.05, 0) is 23.3 Å². The highest BCUT2D eigenvalue weighted by Gasteiger charge is 2.20. The fraction of sp³-hybridized carbons (Fsp3) is 0.211. The minimum absolute atomic E-state index is 0.0900. The van der Waals surface area contributed by atoms with Crippen LogP contribution in [0.5, 0.6) is 0 Å². The number of hydrogen-bond acceptors (Lipinski definition) is 3. The molecule has 0 aliphatic heterocycles. The molecular formula is C19H19F2N3O2. The van der Waals surface area contributed by atoms with Crippen molar-refractivity contribution in [2.24, 2.45) is 0 Å².